The van der Waals surface area contributed by atoms with Crippen LogP contribution in [-0.4, -0.2) is 28.2 Å². The van der Waals surface area contributed by atoms with Crippen molar-refractivity contribution in [2.24, 2.45) is 0 Å². The number of ether oxygens (including phenoxy) is 1. The molecular formula is C25H29N3O3. The molecule has 0 bridgehead atoms. The van der Waals surface area contributed by atoms with Crippen LogP contribution in [-0.2, 0) is 17.7 Å². The van der Waals surface area contributed by atoms with Crippen LogP contribution in [0.3, 0.4) is 0 Å². The Morgan fingerprint density at radius 1 is 1.23 bits per heavy atom. The number of rotatable bonds is 4. The van der Waals surface area contributed by atoms with Gasteiger partial charge in [-0.05, 0) is 69.2 Å². The van der Waals surface area contributed by atoms with Crippen molar-refractivity contribution in [1.82, 2.24) is 14.9 Å². The van der Waals surface area contributed by atoms with Crippen LogP contribution in [0.4, 0.5) is 0 Å². The number of hydrogen-bond donors (Lipinski definition) is 2. The molecular weight excluding hydrogens is 390 g/mol. The Balaban J connectivity index is 1.46. The molecule has 0 saturated carbocycles. The number of carbonyl (C=O) groups excluding carboxylic acids is 1. The van der Waals surface area contributed by atoms with E-state index in [1.54, 1.807) is 4.57 Å². The second-order valence-electron chi connectivity index (χ2n) is 8.88. The van der Waals surface area contributed by atoms with Crippen LogP contribution in [0, 0.1) is 13.8 Å². The first-order valence-corrected chi connectivity index (χ1v) is 11.3. The number of amides is 1. The number of H-pyrrole nitrogens is 1. The van der Waals surface area contributed by atoms with Crippen molar-refractivity contribution >= 4 is 16.8 Å². The summed E-state index contributed by atoms with van der Waals surface area (Å²) in [5, 5.41) is 4.38. The number of fused-ring (bicyclic) bond motifs is 3. The highest BCUT2D eigenvalue weighted by atomic mass is 16.5. The zero-order chi connectivity index (χ0) is 21.5. The second kappa shape index (κ2) is 8.00. The second-order valence-corrected chi connectivity index (χ2v) is 8.88. The summed E-state index contributed by atoms with van der Waals surface area (Å²) >= 11 is 0. The van der Waals surface area contributed by atoms with Crippen LogP contribution >= 0.6 is 0 Å². The van der Waals surface area contributed by atoms with Crippen molar-refractivity contribution in [3.8, 4) is 0 Å². The Kier molecular flexibility index (Phi) is 5.18. The van der Waals surface area contributed by atoms with Gasteiger partial charge in [0.15, 0.2) is 0 Å². The topological polar surface area (TPSA) is 76.1 Å². The summed E-state index contributed by atoms with van der Waals surface area (Å²) in [6, 6.07) is 10.1. The lowest BCUT2D eigenvalue weighted by Crippen LogP contribution is -2.39. The molecule has 2 N–H and O–H groups in total. The molecule has 2 atom stereocenters. The van der Waals surface area contributed by atoms with Gasteiger partial charge in [-0.1, -0.05) is 18.2 Å². The predicted octanol–water partition coefficient (Wildman–Crippen LogP) is 3.93. The number of pyridine rings is 1. The Morgan fingerprint density at radius 2 is 2.06 bits per heavy atom. The molecule has 1 aliphatic carbocycles. The van der Waals surface area contributed by atoms with Crippen molar-refractivity contribution < 1.29 is 9.53 Å². The van der Waals surface area contributed by atoms with E-state index >= 15 is 0 Å². The number of benzene rings is 1. The molecule has 0 spiro atoms. The molecule has 162 valence electrons. The van der Waals surface area contributed by atoms with Crippen LogP contribution < -0.4 is 10.9 Å². The summed E-state index contributed by atoms with van der Waals surface area (Å²) in [6.45, 7) is 5.00. The number of nitrogens with zero attached hydrogens (tertiary/aromatic N) is 1. The van der Waals surface area contributed by atoms with Gasteiger partial charge in [-0.15, -0.1) is 0 Å². The van der Waals surface area contributed by atoms with Crippen LogP contribution in [0.2, 0.25) is 0 Å². The molecule has 3 aromatic rings. The van der Waals surface area contributed by atoms with Gasteiger partial charge in [0.1, 0.15) is 5.56 Å². The standard InChI is InChI=1S/C25H29N3O3/c1-15-13-16(2)28(14-17-7-6-12-31-17)25(30)22(15)24(29)27-21-11-5-9-19-18-8-3-4-10-20(18)26-23(19)21/h3-4,8,10,13,17,21,26H,5-7,9,11-12,14H2,1-2H3,(H,27,29)/t17-,21-/m1/s1. The molecule has 1 saturated heterocycles. The highest BCUT2D eigenvalue weighted by Crippen LogP contribution is 2.34. The van der Waals surface area contributed by atoms with E-state index < -0.39 is 0 Å². The quantitative estimate of drug-likeness (QED) is 0.673. The number of carbonyl (C=O) groups is 1. The molecule has 0 unspecified atom stereocenters. The van der Waals surface area contributed by atoms with Crippen LogP contribution in [0.5, 0.6) is 0 Å². The average molecular weight is 420 g/mol. The van der Waals surface area contributed by atoms with Gasteiger partial charge in [-0.3, -0.25) is 9.59 Å². The highest BCUT2D eigenvalue weighted by molar-refractivity contribution is 5.96. The fourth-order valence-corrected chi connectivity index (χ4v) is 5.21. The van der Waals surface area contributed by atoms with Gasteiger partial charge in [0.2, 0.25) is 0 Å². The minimum Gasteiger partial charge on any atom is -0.376 e. The summed E-state index contributed by atoms with van der Waals surface area (Å²) in [5.41, 5.74) is 5.05. The SMILES string of the molecule is Cc1cc(C)n(C[C@H]2CCCO2)c(=O)c1C(=O)N[C@@H]1CCCc2c1[nH]c1ccccc21. The summed E-state index contributed by atoms with van der Waals surface area (Å²) in [4.78, 5) is 30.1. The maximum atomic E-state index is 13.3. The zero-order valence-corrected chi connectivity index (χ0v) is 18.2. The first-order valence-electron chi connectivity index (χ1n) is 11.3. The fraction of sp³-hybridized carbons (Fsp3) is 0.440. The molecule has 3 heterocycles. The number of hydrogen-bond acceptors (Lipinski definition) is 3. The van der Waals surface area contributed by atoms with Gasteiger partial charge < -0.3 is 19.6 Å². The average Bonchev–Trinajstić information content (AvgIpc) is 3.39. The van der Waals surface area contributed by atoms with Gasteiger partial charge in [-0.25, -0.2) is 0 Å². The zero-order valence-electron chi connectivity index (χ0n) is 18.2. The van der Waals surface area contributed by atoms with Crippen LogP contribution in [0.1, 0.15) is 64.6 Å². The maximum Gasteiger partial charge on any atom is 0.263 e. The molecule has 1 aromatic carbocycles. The van der Waals surface area contributed by atoms with Gasteiger partial charge in [0, 0.05) is 28.9 Å². The van der Waals surface area contributed by atoms with E-state index in [0.29, 0.717) is 6.54 Å². The van der Waals surface area contributed by atoms with Crippen molar-refractivity contribution in [3.63, 3.8) is 0 Å². The first kappa shape index (κ1) is 20.1. The monoisotopic (exact) mass is 419 g/mol. The molecule has 1 amide bonds. The fourth-order valence-electron chi connectivity index (χ4n) is 5.21. The summed E-state index contributed by atoms with van der Waals surface area (Å²) in [7, 11) is 0. The molecule has 1 fully saturated rings. The molecule has 6 heteroatoms. The molecule has 6 nitrogen and oxygen atoms in total. The highest BCUT2D eigenvalue weighted by Gasteiger charge is 2.28. The van der Waals surface area contributed by atoms with E-state index in [2.05, 4.69) is 22.4 Å². The smallest absolute Gasteiger partial charge is 0.263 e. The summed E-state index contributed by atoms with van der Waals surface area (Å²) in [6.07, 6.45) is 4.89. The van der Waals surface area contributed by atoms with E-state index in [1.807, 2.05) is 32.0 Å². The summed E-state index contributed by atoms with van der Waals surface area (Å²) < 4.78 is 7.42. The number of para-hydroxylation sites is 1. The Hall–Kier alpha value is -2.86. The molecule has 31 heavy (non-hydrogen) atoms. The van der Waals surface area contributed by atoms with Gasteiger partial charge in [0.25, 0.3) is 11.5 Å². The lowest BCUT2D eigenvalue weighted by Gasteiger charge is -2.24. The van der Waals surface area contributed by atoms with Crippen molar-refractivity contribution in [2.45, 2.75) is 64.6 Å². The lowest BCUT2D eigenvalue weighted by atomic mass is 9.91. The Bertz CT molecular complexity index is 1200. The number of nitrogens with one attached hydrogen (secondary N) is 2. The van der Waals surface area contributed by atoms with E-state index in [0.717, 1.165) is 61.2 Å². The summed E-state index contributed by atoms with van der Waals surface area (Å²) in [5.74, 6) is -0.292. The van der Waals surface area contributed by atoms with Gasteiger partial charge in [0.05, 0.1) is 18.7 Å². The Labute approximate surface area is 181 Å². The molecule has 5 rings (SSSR count). The van der Waals surface area contributed by atoms with E-state index in [-0.39, 0.29) is 29.2 Å². The van der Waals surface area contributed by atoms with Crippen LogP contribution in [0.25, 0.3) is 10.9 Å². The van der Waals surface area contributed by atoms with Crippen molar-refractivity contribution in [2.75, 3.05) is 6.61 Å². The van der Waals surface area contributed by atoms with Gasteiger partial charge >= 0.3 is 0 Å². The lowest BCUT2D eigenvalue weighted by molar-refractivity contribution is 0.0913. The minimum absolute atomic E-state index is 0.0438. The Morgan fingerprint density at radius 3 is 2.87 bits per heavy atom. The first-order chi connectivity index (χ1) is 15.0. The van der Waals surface area contributed by atoms with E-state index in [9.17, 15) is 9.59 Å². The predicted molar refractivity (Wildman–Crippen MR) is 121 cm³/mol. The molecule has 2 aliphatic rings. The molecule has 2 aromatic heterocycles. The van der Waals surface area contributed by atoms with Crippen molar-refractivity contribution in [3.05, 3.63) is 68.8 Å². The van der Waals surface area contributed by atoms with E-state index in [1.165, 1.54) is 10.9 Å². The number of aryl methyl sites for hydroxylation is 3. The van der Waals surface area contributed by atoms with Crippen molar-refractivity contribution in [1.29, 1.82) is 0 Å². The third-order valence-corrected chi connectivity index (χ3v) is 6.76. The van der Waals surface area contributed by atoms with Gasteiger partial charge in [-0.2, -0.15) is 0 Å². The number of aromatic nitrogens is 2. The molecule has 0 radical (unpaired) electrons. The minimum atomic E-state index is -0.292. The number of aromatic amines is 1. The normalized spacial score (nSPS) is 20.7. The maximum absolute atomic E-state index is 13.3. The molecule has 1 aliphatic heterocycles. The third kappa shape index (κ3) is 3.59. The van der Waals surface area contributed by atoms with E-state index in [4.69, 9.17) is 4.74 Å². The third-order valence-electron chi connectivity index (χ3n) is 6.76. The largest absolute Gasteiger partial charge is 0.376 e. The van der Waals surface area contributed by atoms with Crippen LogP contribution in [0.15, 0.2) is 35.1 Å².